The number of carbonyl (C=O) groups is 3. The number of rotatable bonds is 62. The van der Waals surface area contributed by atoms with Crippen LogP contribution in [0.2, 0.25) is 0 Å². The van der Waals surface area contributed by atoms with Crippen molar-refractivity contribution in [2.45, 2.75) is 335 Å². The van der Waals surface area contributed by atoms with E-state index in [1.54, 1.807) is 0 Å². The minimum Gasteiger partial charge on any atom is -0.462 e. The van der Waals surface area contributed by atoms with Gasteiger partial charge in [0.2, 0.25) is 0 Å². The molecule has 0 N–H and O–H groups in total. The van der Waals surface area contributed by atoms with Gasteiger partial charge in [-0.05, 0) is 128 Å². The van der Waals surface area contributed by atoms with E-state index in [2.05, 4.69) is 130 Å². The minimum atomic E-state index is -0.792. The smallest absolute Gasteiger partial charge is 0.306 e. The second-order valence-electron chi connectivity index (χ2n) is 22.7. The number of allylic oxidation sites excluding steroid dienone is 18. The fraction of sp³-hybridized carbons (Fsp3) is 0.720. The molecule has 0 saturated carbocycles. The minimum absolute atomic E-state index is 0.0864. The monoisotopic (exact) mass is 1120 g/mol. The Balaban J connectivity index is 4.37. The molecule has 464 valence electrons. The number of esters is 3. The Bertz CT molecular complexity index is 1620. The molecule has 0 aliphatic carbocycles. The van der Waals surface area contributed by atoms with Crippen molar-refractivity contribution in [2.24, 2.45) is 0 Å². The lowest BCUT2D eigenvalue weighted by atomic mass is 10.0. The molecule has 0 spiro atoms. The first-order valence-electron chi connectivity index (χ1n) is 34.4. The van der Waals surface area contributed by atoms with E-state index in [0.717, 1.165) is 128 Å². The van der Waals surface area contributed by atoms with Gasteiger partial charge in [-0.15, -0.1) is 0 Å². The van der Waals surface area contributed by atoms with E-state index < -0.39 is 6.10 Å². The van der Waals surface area contributed by atoms with Gasteiger partial charge in [0.15, 0.2) is 6.10 Å². The molecule has 0 rings (SSSR count). The molecule has 0 amide bonds. The summed E-state index contributed by atoms with van der Waals surface area (Å²) in [4.78, 5) is 38.4. The van der Waals surface area contributed by atoms with E-state index in [1.807, 2.05) is 0 Å². The highest BCUT2D eigenvalue weighted by molar-refractivity contribution is 5.71. The summed E-state index contributed by atoms with van der Waals surface area (Å²) in [6.07, 6.45) is 93.8. The zero-order valence-electron chi connectivity index (χ0n) is 53.3. The topological polar surface area (TPSA) is 78.9 Å². The molecule has 1 atom stereocenters. The van der Waals surface area contributed by atoms with E-state index in [9.17, 15) is 14.4 Å². The van der Waals surface area contributed by atoms with Crippen LogP contribution in [0.5, 0.6) is 0 Å². The third kappa shape index (κ3) is 66.8. The van der Waals surface area contributed by atoms with Crippen LogP contribution in [-0.2, 0) is 28.6 Å². The fourth-order valence-corrected chi connectivity index (χ4v) is 9.59. The zero-order valence-corrected chi connectivity index (χ0v) is 53.3. The second-order valence-corrected chi connectivity index (χ2v) is 22.7. The van der Waals surface area contributed by atoms with E-state index in [1.165, 1.54) is 161 Å². The summed E-state index contributed by atoms with van der Waals surface area (Å²) in [6, 6.07) is 0. The lowest BCUT2D eigenvalue weighted by Gasteiger charge is -2.18. The Morgan fingerprint density at radius 2 is 0.481 bits per heavy atom. The molecule has 0 aliphatic heterocycles. The van der Waals surface area contributed by atoms with Crippen LogP contribution < -0.4 is 0 Å². The Labute approximate surface area is 501 Å². The fourth-order valence-electron chi connectivity index (χ4n) is 9.59. The van der Waals surface area contributed by atoms with Gasteiger partial charge in [-0.3, -0.25) is 14.4 Å². The highest BCUT2D eigenvalue weighted by Gasteiger charge is 2.19. The largest absolute Gasteiger partial charge is 0.462 e. The standard InChI is InChI=1S/C75H128O6/c1-4-7-10-13-16-19-22-25-28-30-32-34-36-37-39-40-42-44-47-50-53-56-59-62-65-68-74(77)80-71-72(70-79-73(76)67-64-61-58-55-52-49-46-27-24-21-18-15-12-9-6-3)81-75(78)69-66-63-60-57-54-51-48-45-43-41-38-35-33-31-29-26-23-20-17-14-11-8-5-2/h7,10,16,18-19,21,23,25-28,31-34,38,41,46,72H,4-6,8-9,11-15,17,20,22,24,29-30,35-37,39-40,42-45,47-71H2,1-3H3/b10-7-,19-16-,21-18-,26-23-,28-25-,33-31-,34-32-,41-38-,46-27-. The number of carbonyl (C=O) groups excluding carboxylic acids is 3. The van der Waals surface area contributed by atoms with Gasteiger partial charge in [0, 0.05) is 19.3 Å². The first-order chi connectivity index (χ1) is 40.0. The van der Waals surface area contributed by atoms with Crippen molar-refractivity contribution >= 4 is 17.9 Å². The maximum absolute atomic E-state index is 13.0. The van der Waals surface area contributed by atoms with Crippen LogP contribution in [0.15, 0.2) is 109 Å². The summed E-state index contributed by atoms with van der Waals surface area (Å²) in [7, 11) is 0. The molecular formula is C75H128O6. The van der Waals surface area contributed by atoms with E-state index in [-0.39, 0.29) is 31.1 Å². The molecule has 0 aliphatic rings. The second kappa shape index (κ2) is 68.6. The number of ether oxygens (including phenoxy) is 3. The maximum atomic E-state index is 13.0. The zero-order chi connectivity index (χ0) is 58.5. The Morgan fingerprint density at radius 3 is 0.778 bits per heavy atom. The summed E-state index contributed by atoms with van der Waals surface area (Å²) in [5, 5.41) is 0. The number of hydrogen-bond acceptors (Lipinski definition) is 6. The van der Waals surface area contributed by atoms with Gasteiger partial charge < -0.3 is 14.2 Å². The molecule has 0 fully saturated rings. The molecule has 1 unspecified atom stereocenters. The van der Waals surface area contributed by atoms with Crippen LogP contribution in [0.3, 0.4) is 0 Å². The van der Waals surface area contributed by atoms with Crippen LogP contribution >= 0.6 is 0 Å². The summed E-state index contributed by atoms with van der Waals surface area (Å²) in [6.45, 7) is 6.50. The van der Waals surface area contributed by atoms with Crippen LogP contribution in [0, 0.1) is 0 Å². The van der Waals surface area contributed by atoms with Crippen LogP contribution in [0.4, 0.5) is 0 Å². The normalized spacial score (nSPS) is 12.8. The van der Waals surface area contributed by atoms with Crippen LogP contribution in [0.25, 0.3) is 0 Å². The van der Waals surface area contributed by atoms with E-state index >= 15 is 0 Å². The molecular weight excluding hydrogens is 997 g/mol. The summed E-state index contributed by atoms with van der Waals surface area (Å²) < 4.78 is 17.0. The highest BCUT2D eigenvalue weighted by atomic mass is 16.6. The van der Waals surface area contributed by atoms with Crippen molar-refractivity contribution < 1.29 is 28.6 Å². The molecule has 0 radical (unpaired) electrons. The average Bonchev–Trinajstić information content (AvgIpc) is 3.47. The first-order valence-corrected chi connectivity index (χ1v) is 34.4. The predicted molar refractivity (Wildman–Crippen MR) is 353 cm³/mol. The van der Waals surface area contributed by atoms with Gasteiger partial charge in [0.25, 0.3) is 0 Å². The predicted octanol–water partition coefficient (Wildman–Crippen LogP) is 23.8. The molecule has 6 nitrogen and oxygen atoms in total. The van der Waals surface area contributed by atoms with Gasteiger partial charge >= 0.3 is 17.9 Å². The quantitative estimate of drug-likeness (QED) is 0.0261. The van der Waals surface area contributed by atoms with Crippen molar-refractivity contribution in [1.82, 2.24) is 0 Å². The molecule has 0 aromatic rings. The highest BCUT2D eigenvalue weighted by Crippen LogP contribution is 2.16. The van der Waals surface area contributed by atoms with E-state index in [0.29, 0.717) is 19.3 Å². The van der Waals surface area contributed by atoms with Gasteiger partial charge in [-0.25, -0.2) is 0 Å². The lowest BCUT2D eigenvalue weighted by Crippen LogP contribution is -2.30. The van der Waals surface area contributed by atoms with Gasteiger partial charge in [-0.1, -0.05) is 291 Å². The first kappa shape index (κ1) is 77.1. The van der Waals surface area contributed by atoms with Crippen molar-refractivity contribution in [3.05, 3.63) is 109 Å². The molecule has 0 bridgehead atoms. The van der Waals surface area contributed by atoms with Crippen molar-refractivity contribution in [3.63, 3.8) is 0 Å². The molecule has 6 heteroatoms. The van der Waals surface area contributed by atoms with Crippen molar-refractivity contribution in [2.75, 3.05) is 13.2 Å². The van der Waals surface area contributed by atoms with Gasteiger partial charge in [0.05, 0.1) is 0 Å². The third-order valence-electron chi connectivity index (χ3n) is 14.7. The van der Waals surface area contributed by atoms with Crippen molar-refractivity contribution in [3.8, 4) is 0 Å². The van der Waals surface area contributed by atoms with Crippen LogP contribution in [0.1, 0.15) is 329 Å². The molecule has 0 saturated heterocycles. The SMILES string of the molecule is CC/C=C\C/C=C\C/C=C\C/C=C\CCCCCCCCCCCCCCC(=O)OCC(COC(=O)CCCCCCC/C=C\C/C=C\CCCCC)OC(=O)CCCCCCCCCC/C=C\C/C=C\C/C=C\CCCCCCC. The third-order valence-corrected chi connectivity index (χ3v) is 14.7. The summed E-state index contributed by atoms with van der Waals surface area (Å²) in [5.74, 6) is -0.898. The van der Waals surface area contributed by atoms with E-state index in [4.69, 9.17) is 14.2 Å². The molecule has 81 heavy (non-hydrogen) atoms. The van der Waals surface area contributed by atoms with Gasteiger partial charge in [-0.2, -0.15) is 0 Å². The molecule has 0 heterocycles. The maximum Gasteiger partial charge on any atom is 0.306 e. The average molecular weight is 1130 g/mol. The van der Waals surface area contributed by atoms with Gasteiger partial charge in [0.1, 0.15) is 13.2 Å². The summed E-state index contributed by atoms with van der Waals surface area (Å²) >= 11 is 0. The van der Waals surface area contributed by atoms with Crippen LogP contribution in [-0.4, -0.2) is 37.2 Å². The molecule has 0 aromatic carbocycles. The lowest BCUT2D eigenvalue weighted by molar-refractivity contribution is -0.167. The van der Waals surface area contributed by atoms with Crippen molar-refractivity contribution in [1.29, 1.82) is 0 Å². The Morgan fingerprint density at radius 1 is 0.259 bits per heavy atom. The summed E-state index contributed by atoms with van der Waals surface area (Å²) in [5.41, 5.74) is 0. The Kier molecular flexibility index (Phi) is 65.2. The molecule has 0 aromatic heterocycles. The number of hydrogen-bond donors (Lipinski definition) is 0. The Hall–Kier alpha value is -3.93. The number of unbranched alkanes of at least 4 members (excludes halogenated alkanes) is 33.